The van der Waals surface area contributed by atoms with Crippen LogP contribution in [0.25, 0.3) is 0 Å². The molecule has 0 saturated heterocycles. The SMILES string of the molecule is CCCCCCCCCCCCC(c1cc(F)ccc1CC)S(=O)(=O)c1cc(C)c(C)c[n+]1[O-]. The summed E-state index contributed by atoms with van der Waals surface area (Å²) in [6.07, 6.45) is 13.8. The monoisotopic (exact) mass is 491 g/mol. The van der Waals surface area contributed by atoms with E-state index in [9.17, 15) is 18.0 Å². The van der Waals surface area contributed by atoms with E-state index in [1.165, 1.54) is 62.9 Å². The summed E-state index contributed by atoms with van der Waals surface area (Å²) in [5.74, 6) is -0.453. The van der Waals surface area contributed by atoms with Gasteiger partial charge in [0, 0.05) is 11.6 Å². The van der Waals surface area contributed by atoms with E-state index in [1.54, 1.807) is 19.9 Å². The van der Waals surface area contributed by atoms with Gasteiger partial charge >= 0.3 is 5.03 Å². The molecule has 1 aromatic heterocycles. The van der Waals surface area contributed by atoms with Crippen LogP contribution in [-0.4, -0.2) is 8.42 Å². The zero-order valence-corrected chi connectivity index (χ0v) is 22.2. The lowest BCUT2D eigenvalue weighted by atomic mass is 9.98. The Morgan fingerprint density at radius 2 is 1.47 bits per heavy atom. The molecule has 0 aliphatic rings. The van der Waals surface area contributed by atoms with Gasteiger partial charge in [-0.15, -0.1) is 0 Å². The number of nitrogens with zero attached hydrogens (tertiary/aromatic N) is 1. The normalized spacial score (nSPS) is 12.7. The number of sulfone groups is 1. The average molecular weight is 492 g/mol. The van der Waals surface area contributed by atoms with Gasteiger partial charge in [-0.2, -0.15) is 4.73 Å². The highest BCUT2D eigenvalue weighted by Gasteiger charge is 2.36. The van der Waals surface area contributed by atoms with Crippen molar-refractivity contribution < 1.29 is 17.5 Å². The van der Waals surface area contributed by atoms with Crippen LogP contribution in [0, 0.1) is 24.9 Å². The van der Waals surface area contributed by atoms with Crippen LogP contribution in [0.3, 0.4) is 0 Å². The van der Waals surface area contributed by atoms with Crippen LogP contribution >= 0.6 is 0 Å². The van der Waals surface area contributed by atoms with Gasteiger partial charge in [-0.3, -0.25) is 0 Å². The highest BCUT2D eigenvalue weighted by molar-refractivity contribution is 7.91. The molecule has 1 heterocycles. The summed E-state index contributed by atoms with van der Waals surface area (Å²) in [7, 11) is -4.00. The Morgan fingerprint density at radius 3 is 2.06 bits per heavy atom. The number of hydrogen-bond acceptors (Lipinski definition) is 3. The minimum absolute atomic E-state index is 0.251. The zero-order valence-electron chi connectivity index (χ0n) is 21.4. The smallest absolute Gasteiger partial charge is 0.309 e. The number of halogens is 1. The van der Waals surface area contributed by atoms with E-state index < -0.39 is 20.9 Å². The molecule has 0 fully saturated rings. The fraction of sp³-hybridized carbons (Fsp3) is 0.607. The van der Waals surface area contributed by atoms with Crippen LogP contribution in [0.15, 0.2) is 35.5 Å². The van der Waals surface area contributed by atoms with Crippen molar-refractivity contribution in [2.75, 3.05) is 0 Å². The number of benzene rings is 1. The van der Waals surface area contributed by atoms with Crippen molar-refractivity contribution in [2.45, 2.75) is 115 Å². The van der Waals surface area contributed by atoms with Crippen molar-refractivity contribution >= 4 is 9.84 Å². The van der Waals surface area contributed by atoms with Crippen molar-refractivity contribution in [3.63, 3.8) is 0 Å². The van der Waals surface area contributed by atoms with Crippen LogP contribution in [0.2, 0.25) is 0 Å². The lowest BCUT2D eigenvalue weighted by Gasteiger charge is -2.21. The number of aryl methyl sites for hydroxylation is 3. The van der Waals surface area contributed by atoms with Crippen molar-refractivity contribution in [2.24, 2.45) is 0 Å². The summed E-state index contributed by atoms with van der Waals surface area (Å²) < 4.78 is 42.1. The highest BCUT2D eigenvalue weighted by atomic mass is 32.2. The molecule has 0 aliphatic carbocycles. The molecule has 0 bridgehead atoms. The first-order chi connectivity index (χ1) is 16.2. The molecule has 6 heteroatoms. The standard InChI is InChI=1S/C28H42FNO3S/c1-5-7-8-9-10-11-12-13-14-15-16-27(26-20-25(29)18-17-24(26)6-2)34(32,33)28-19-22(3)23(4)21-30(28)31/h17-21,27H,5-16H2,1-4H3. The maximum Gasteiger partial charge on any atom is 0.309 e. The molecular weight excluding hydrogens is 449 g/mol. The summed E-state index contributed by atoms with van der Waals surface area (Å²) in [5.41, 5.74) is 2.78. The Morgan fingerprint density at radius 1 is 0.882 bits per heavy atom. The molecule has 0 aliphatic heterocycles. The van der Waals surface area contributed by atoms with Gasteiger partial charge < -0.3 is 5.21 Å². The fourth-order valence-corrected chi connectivity index (χ4v) is 6.51. The third-order valence-electron chi connectivity index (χ3n) is 6.81. The van der Waals surface area contributed by atoms with Gasteiger partial charge in [0.05, 0.1) is 5.25 Å². The Hall–Kier alpha value is -1.95. The van der Waals surface area contributed by atoms with Crippen molar-refractivity contribution in [3.05, 3.63) is 63.7 Å². The molecular formula is C28H42FNO3S. The number of pyridine rings is 1. The van der Waals surface area contributed by atoms with Gasteiger partial charge in [-0.1, -0.05) is 84.1 Å². The molecule has 34 heavy (non-hydrogen) atoms. The molecule has 0 radical (unpaired) electrons. The Balaban J connectivity index is 2.17. The van der Waals surface area contributed by atoms with Gasteiger partial charge in [0.2, 0.25) is 9.84 Å². The van der Waals surface area contributed by atoms with Crippen LogP contribution in [-0.2, 0) is 16.3 Å². The topological polar surface area (TPSA) is 61.1 Å². The summed E-state index contributed by atoms with van der Waals surface area (Å²) >= 11 is 0. The molecule has 0 amide bonds. The summed E-state index contributed by atoms with van der Waals surface area (Å²) in [4.78, 5) is 0. The maximum atomic E-state index is 14.2. The average Bonchev–Trinajstić information content (AvgIpc) is 2.79. The van der Waals surface area contributed by atoms with E-state index in [-0.39, 0.29) is 5.03 Å². The van der Waals surface area contributed by atoms with E-state index in [4.69, 9.17) is 0 Å². The van der Waals surface area contributed by atoms with Gasteiger partial charge in [-0.05, 0) is 55.5 Å². The first kappa shape index (κ1) is 28.3. The second-order valence-electron chi connectivity index (χ2n) is 9.50. The molecule has 190 valence electrons. The van der Waals surface area contributed by atoms with Crippen LogP contribution in [0.1, 0.15) is 112 Å². The van der Waals surface area contributed by atoms with E-state index in [0.29, 0.717) is 23.1 Å². The van der Waals surface area contributed by atoms with Crippen molar-refractivity contribution in [1.29, 1.82) is 0 Å². The predicted molar refractivity (Wildman–Crippen MR) is 137 cm³/mol. The minimum atomic E-state index is -4.00. The minimum Gasteiger partial charge on any atom is -0.618 e. The zero-order chi connectivity index (χ0) is 25.1. The number of hydrogen-bond donors (Lipinski definition) is 0. The first-order valence-corrected chi connectivity index (χ1v) is 14.5. The van der Waals surface area contributed by atoms with Gasteiger partial charge in [0.15, 0.2) is 6.20 Å². The van der Waals surface area contributed by atoms with E-state index in [1.807, 2.05) is 6.92 Å². The second-order valence-corrected chi connectivity index (χ2v) is 11.6. The summed E-state index contributed by atoms with van der Waals surface area (Å²) in [6.45, 7) is 7.73. The molecule has 1 atom stereocenters. The van der Waals surface area contributed by atoms with Crippen molar-refractivity contribution in [1.82, 2.24) is 0 Å². The number of unbranched alkanes of at least 4 members (excludes halogenated alkanes) is 9. The summed E-state index contributed by atoms with van der Waals surface area (Å²) in [5, 5.41) is 11.4. The molecule has 0 spiro atoms. The third kappa shape index (κ3) is 7.79. The second kappa shape index (κ2) is 13.8. The number of rotatable bonds is 15. The van der Waals surface area contributed by atoms with Gasteiger partial charge in [0.1, 0.15) is 5.82 Å². The van der Waals surface area contributed by atoms with E-state index >= 15 is 0 Å². The predicted octanol–water partition coefficient (Wildman–Crippen LogP) is 7.46. The molecule has 1 unspecified atom stereocenters. The Kier molecular flexibility index (Phi) is 11.5. The lowest BCUT2D eigenvalue weighted by molar-refractivity contribution is -0.647. The largest absolute Gasteiger partial charge is 0.618 e. The number of aromatic nitrogens is 1. The maximum absolute atomic E-state index is 14.2. The molecule has 0 N–H and O–H groups in total. The third-order valence-corrected chi connectivity index (χ3v) is 8.93. The van der Waals surface area contributed by atoms with Crippen LogP contribution < -0.4 is 4.73 Å². The van der Waals surface area contributed by atoms with Crippen LogP contribution in [0.5, 0.6) is 0 Å². The highest BCUT2D eigenvalue weighted by Crippen LogP contribution is 2.35. The molecule has 1 aromatic carbocycles. The summed E-state index contributed by atoms with van der Waals surface area (Å²) in [6, 6.07) is 5.83. The van der Waals surface area contributed by atoms with E-state index in [2.05, 4.69) is 6.92 Å². The molecule has 4 nitrogen and oxygen atoms in total. The molecule has 2 aromatic rings. The fourth-order valence-electron chi connectivity index (χ4n) is 4.54. The van der Waals surface area contributed by atoms with Gasteiger partial charge in [0.25, 0.3) is 0 Å². The Bertz CT molecular complexity index is 1020. The molecule has 2 rings (SSSR count). The Labute approximate surface area is 206 Å². The quantitative estimate of drug-likeness (QED) is 0.147. The molecule has 0 saturated carbocycles. The van der Waals surface area contributed by atoms with E-state index in [0.717, 1.165) is 42.4 Å². The van der Waals surface area contributed by atoms with Gasteiger partial charge in [-0.25, -0.2) is 12.8 Å². The first-order valence-electron chi connectivity index (χ1n) is 12.9. The van der Waals surface area contributed by atoms with Crippen molar-refractivity contribution in [3.8, 4) is 0 Å². The lowest BCUT2D eigenvalue weighted by Crippen LogP contribution is -2.36. The van der Waals surface area contributed by atoms with Crippen LogP contribution in [0.4, 0.5) is 4.39 Å².